The SMILES string of the molecule is C=CC(=O)Nc1cccc(Nc2nc(Nc3ccc(OCC(=O)OCC4CCCO4)cc3)ncc2Cl)c1. The summed E-state index contributed by atoms with van der Waals surface area (Å²) in [5.41, 5.74) is 1.97. The second-order valence-electron chi connectivity index (χ2n) is 8.05. The van der Waals surface area contributed by atoms with Gasteiger partial charge in [0, 0.05) is 23.7 Å². The average molecular weight is 524 g/mol. The van der Waals surface area contributed by atoms with E-state index < -0.39 is 5.97 Å². The summed E-state index contributed by atoms with van der Waals surface area (Å²) >= 11 is 6.28. The van der Waals surface area contributed by atoms with Gasteiger partial charge in [-0.1, -0.05) is 24.2 Å². The van der Waals surface area contributed by atoms with Gasteiger partial charge >= 0.3 is 5.97 Å². The minimum atomic E-state index is -0.444. The summed E-state index contributed by atoms with van der Waals surface area (Å²) in [6, 6.07) is 14.1. The van der Waals surface area contributed by atoms with Gasteiger partial charge in [0.15, 0.2) is 12.4 Å². The standard InChI is InChI=1S/C26H26ClN5O5/c1-2-23(33)29-18-5-3-6-19(13-18)30-25-22(27)14-28-26(32-25)31-17-8-10-20(11-9-17)36-16-24(34)37-15-21-7-4-12-35-21/h2-3,5-6,8-11,13-14,21H,1,4,7,12,15-16H2,(H,29,33)(H2,28,30,31,32). The molecule has 1 saturated heterocycles. The summed E-state index contributed by atoms with van der Waals surface area (Å²) in [5.74, 6) is 0.458. The zero-order chi connectivity index (χ0) is 26.0. The number of carbonyl (C=O) groups excluding carboxylic acids is 2. The third-order valence-electron chi connectivity index (χ3n) is 5.24. The van der Waals surface area contributed by atoms with Crippen LogP contribution in [0.2, 0.25) is 5.02 Å². The van der Waals surface area contributed by atoms with Crippen molar-refractivity contribution < 1.29 is 23.8 Å². The van der Waals surface area contributed by atoms with E-state index in [2.05, 4.69) is 32.5 Å². The Hall–Kier alpha value is -4.15. The third kappa shape index (κ3) is 7.92. The Bertz CT molecular complexity index is 1250. The first kappa shape index (κ1) is 25.9. The van der Waals surface area contributed by atoms with E-state index in [0.717, 1.165) is 12.8 Å². The Morgan fingerprint density at radius 2 is 1.95 bits per heavy atom. The van der Waals surface area contributed by atoms with E-state index in [-0.39, 0.29) is 25.2 Å². The lowest BCUT2D eigenvalue weighted by Crippen LogP contribution is -2.21. The lowest BCUT2D eigenvalue weighted by atomic mass is 10.2. The number of ether oxygens (including phenoxy) is 3. The van der Waals surface area contributed by atoms with Gasteiger partial charge in [-0.2, -0.15) is 4.98 Å². The molecule has 1 unspecified atom stereocenters. The first-order valence-electron chi connectivity index (χ1n) is 11.6. The molecule has 0 aliphatic carbocycles. The molecule has 3 N–H and O–H groups in total. The molecule has 37 heavy (non-hydrogen) atoms. The number of rotatable bonds is 11. The van der Waals surface area contributed by atoms with Crippen molar-refractivity contribution in [2.45, 2.75) is 18.9 Å². The number of hydrogen-bond donors (Lipinski definition) is 3. The highest BCUT2D eigenvalue weighted by Gasteiger charge is 2.17. The van der Waals surface area contributed by atoms with Crippen LogP contribution < -0.4 is 20.7 Å². The largest absolute Gasteiger partial charge is 0.482 e. The maximum atomic E-state index is 11.9. The Labute approximate surface area is 219 Å². The van der Waals surface area contributed by atoms with E-state index in [4.69, 9.17) is 25.8 Å². The highest BCUT2D eigenvalue weighted by Crippen LogP contribution is 2.26. The Morgan fingerprint density at radius 3 is 2.70 bits per heavy atom. The number of benzene rings is 2. The van der Waals surface area contributed by atoms with Crippen molar-refractivity contribution in [3.8, 4) is 5.75 Å². The zero-order valence-electron chi connectivity index (χ0n) is 19.9. The first-order valence-corrected chi connectivity index (χ1v) is 12.0. The van der Waals surface area contributed by atoms with Gasteiger partial charge in [0.1, 0.15) is 17.4 Å². The number of amides is 1. The maximum absolute atomic E-state index is 11.9. The maximum Gasteiger partial charge on any atom is 0.344 e. The molecule has 0 bridgehead atoms. The smallest absolute Gasteiger partial charge is 0.344 e. The molecule has 1 fully saturated rings. The van der Waals surface area contributed by atoms with Gasteiger partial charge in [0.25, 0.3) is 0 Å². The summed E-state index contributed by atoms with van der Waals surface area (Å²) in [7, 11) is 0. The van der Waals surface area contributed by atoms with Crippen molar-refractivity contribution in [3.63, 3.8) is 0 Å². The Kier molecular flexibility index (Phi) is 8.90. The number of nitrogens with zero attached hydrogens (tertiary/aromatic N) is 2. The van der Waals surface area contributed by atoms with Crippen LogP contribution in [0.1, 0.15) is 12.8 Å². The third-order valence-corrected chi connectivity index (χ3v) is 5.52. The van der Waals surface area contributed by atoms with E-state index in [1.54, 1.807) is 42.5 Å². The monoisotopic (exact) mass is 523 g/mol. The van der Waals surface area contributed by atoms with Crippen LogP contribution in [0, 0.1) is 0 Å². The second kappa shape index (κ2) is 12.7. The highest BCUT2D eigenvalue weighted by molar-refractivity contribution is 6.32. The zero-order valence-corrected chi connectivity index (χ0v) is 20.7. The molecule has 1 aromatic heterocycles. The summed E-state index contributed by atoms with van der Waals surface area (Å²) in [4.78, 5) is 32.1. The van der Waals surface area contributed by atoms with Crippen LogP contribution >= 0.6 is 11.6 Å². The summed E-state index contributed by atoms with van der Waals surface area (Å²) in [6.45, 7) is 4.22. The first-order chi connectivity index (χ1) is 18.0. The number of halogens is 1. The molecule has 192 valence electrons. The number of nitrogens with one attached hydrogen (secondary N) is 3. The van der Waals surface area contributed by atoms with Crippen LogP contribution in [0.5, 0.6) is 5.75 Å². The molecule has 0 saturated carbocycles. The van der Waals surface area contributed by atoms with E-state index in [9.17, 15) is 9.59 Å². The van der Waals surface area contributed by atoms with Gasteiger partial charge in [-0.3, -0.25) is 4.79 Å². The predicted molar refractivity (Wildman–Crippen MR) is 141 cm³/mol. The number of esters is 1. The average Bonchev–Trinajstić information content (AvgIpc) is 3.43. The minimum Gasteiger partial charge on any atom is -0.482 e. The number of anilines is 5. The van der Waals surface area contributed by atoms with Gasteiger partial charge in [-0.15, -0.1) is 0 Å². The number of carbonyl (C=O) groups is 2. The van der Waals surface area contributed by atoms with Crippen molar-refractivity contribution in [2.75, 3.05) is 35.8 Å². The molecule has 0 spiro atoms. The van der Waals surface area contributed by atoms with E-state index >= 15 is 0 Å². The molecular weight excluding hydrogens is 498 g/mol. The molecule has 1 aliphatic rings. The molecule has 1 atom stereocenters. The van der Waals surface area contributed by atoms with Crippen molar-refractivity contribution in [2.24, 2.45) is 0 Å². The lowest BCUT2D eigenvalue weighted by molar-refractivity contribution is -0.149. The fraction of sp³-hybridized carbons (Fsp3) is 0.231. The molecule has 1 aliphatic heterocycles. The summed E-state index contributed by atoms with van der Waals surface area (Å²) in [6.07, 6.45) is 4.54. The lowest BCUT2D eigenvalue weighted by Gasteiger charge is -2.12. The second-order valence-corrected chi connectivity index (χ2v) is 8.45. The fourth-order valence-electron chi connectivity index (χ4n) is 3.43. The van der Waals surface area contributed by atoms with Crippen molar-refractivity contribution >= 4 is 52.3 Å². The molecule has 2 aromatic carbocycles. The summed E-state index contributed by atoms with van der Waals surface area (Å²) < 4.78 is 16.1. The fourth-order valence-corrected chi connectivity index (χ4v) is 3.57. The van der Waals surface area contributed by atoms with E-state index in [1.165, 1.54) is 12.3 Å². The van der Waals surface area contributed by atoms with Crippen LogP contribution in [0.15, 0.2) is 67.4 Å². The Morgan fingerprint density at radius 1 is 1.14 bits per heavy atom. The number of hydrogen-bond acceptors (Lipinski definition) is 9. The van der Waals surface area contributed by atoms with Gasteiger partial charge in [0.2, 0.25) is 11.9 Å². The number of aromatic nitrogens is 2. The minimum absolute atomic E-state index is 0.0182. The Balaban J connectivity index is 1.31. The molecule has 11 heteroatoms. The molecule has 2 heterocycles. The van der Waals surface area contributed by atoms with Crippen molar-refractivity contribution in [1.29, 1.82) is 0 Å². The predicted octanol–water partition coefficient (Wildman–Crippen LogP) is 4.84. The van der Waals surface area contributed by atoms with Crippen LogP contribution in [0.25, 0.3) is 0 Å². The van der Waals surface area contributed by atoms with Gasteiger partial charge < -0.3 is 30.2 Å². The molecule has 10 nitrogen and oxygen atoms in total. The van der Waals surface area contributed by atoms with Crippen molar-refractivity contribution in [3.05, 3.63) is 72.4 Å². The normalized spacial score (nSPS) is 14.5. The van der Waals surface area contributed by atoms with Crippen LogP contribution in [0.4, 0.5) is 28.8 Å². The molecule has 4 rings (SSSR count). The van der Waals surface area contributed by atoms with Gasteiger partial charge in [-0.05, 0) is 61.4 Å². The quantitative estimate of drug-likeness (QED) is 0.239. The van der Waals surface area contributed by atoms with Crippen LogP contribution in [-0.4, -0.2) is 47.8 Å². The molecule has 1 amide bonds. The summed E-state index contributed by atoms with van der Waals surface area (Å²) in [5, 5.41) is 9.24. The van der Waals surface area contributed by atoms with Gasteiger partial charge in [0.05, 0.1) is 12.3 Å². The highest BCUT2D eigenvalue weighted by atomic mass is 35.5. The van der Waals surface area contributed by atoms with Crippen LogP contribution in [-0.2, 0) is 19.1 Å². The van der Waals surface area contributed by atoms with E-state index in [0.29, 0.717) is 46.2 Å². The van der Waals surface area contributed by atoms with Crippen molar-refractivity contribution in [1.82, 2.24) is 9.97 Å². The molecule has 0 radical (unpaired) electrons. The molecular formula is C26H26ClN5O5. The molecule has 3 aromatic rings. The van der Waals surface area contributed by atoms with Gasteiger partial charge in [-0.25, -0.2) is 9.78 Å². The van der Waals surface area contributed by atoms with Crippen LogP contribution in [0.3, 0.4) is 0 Å². The topological polar surface area (TPSA) is 124 Å². The van der Waals surface area contributed by atoms with E-state index in [1.807, 2.05) is 6.07 Å².